The van der Waals surface area contributed by atoms with Crippen molar-refractivity contribution in [2.24, 2.45) is 5.73 Å². The van der Waals surface area contributed by atoms with E-state index < -0.39 is 17.7 Å². The van der Waals surface area contributed by atoms with Gasteiger partial charge in [-0.1, -0.05) is 12.1 Å². The molecule has 21 heavy (non-hydrogen) atoms. The number of benzene rings is 2. The number of rotatable bonds is 2. The van der Waals surface area contributed by atoms with Gasteiger partial charge in [-0.2, -0.15) is 0 Å². The molecule has 2 aromatic rings. The second kappa shape index (κ2) is 5.33. The summed E-state index contributed by atoms with van der Waals surface area (Å²) in [4.78, 5) is 0. The van der Waals surface area contributed by atoms with Crippen molar-refractivity contribution in [2.75, 3.05) is 13.2 Å². The average Bonchev–Trinajstić information content (AvgIpc) is 2.51. The van der Waals surface area contributed by atoms with Gasteiger partial charge in [-0.25, -0.2) is 8.78 Å². The van der Waals surface area contributed by atoms with E-state index in [4.69, 9.17) is 15.2 Å². The molecule has 1 aliphatic rings. The normalized spacial score (nSPS) is 14.9. The minimum atomic E-state index is -0.902. The maximum Gasteiger partial charge on any atom is 0.161 e. The van der Waals surface area contributed by atoms with Gasteiger partial charge in [-0.15, -0.1) is 0 Å². The summed E-state index contributed by atoms with van der Waals surface area (Å²) in [5, 5.41) is 0. The minimum absolute atomic E-state index is 0.133. The summed E-state index contributed by atoms with van der Waals surface area (Å²) in [5.74, 6) is -0.108. The first kappa shape index (κ1) is 13.8. The lowest BCUT2D eigenvalue weighted by molar-refractivity contribution is 0.171. The lowest BCUT2D eigenvalue weighted by Gasteiger charge is -2.21. The molecule has 3 nitrogen and oxygen atoms in total. The Hall–Kier alpha value is -2.14. The van der Waals surface area contributed by atoms with Gasteiger partial charge in [-0.3, -0.25) is 0 Å². The van der Waals surface area contributed by atoms with E-state index in [1.165, 1.54) is 12.1 Å². The smallest absolute Gasteiger partial charge is 0.161 e. The molecular weight excluding hydrogens is 276 g/mol. The van der Waals surface area contributed by atoms with Crippen molar-refractivity contribution in [3.05, 3.63) is 58.7 Å². The fraction of sp³-hybridized carbons (Fsp3) is 0.250. The fourth-order valence-corrected chi connectivity index (χ4v) is 2.38. The van der Waals surface area contributed by atoms with Crippen LogP contribution in [-0.2, 0) is 0 Å². The number of fused-ring (bicyclic) bond motifs is 1. The fourth-order valence-electron chi connectivity index (χ4n) is 2.38. The first-order chi connectivity index (χ1) is 10.1. The molecule has 2 aromatic carbocycles. The quantitative estimate of drug-likeness (QED) is 0.924. The van der Waals surface area contributed by atoms with Crippen LogP contribution in [-0.4, -0.2) is 13.2 Å². The zero-order chi connectivity index (χ0) is 15.0. The van der Waals surface area contributed by atoms with Gasteiger partial charge in [-0.05, 0) is 36.2 Å². The van der Waals surface area contributed by atoms with E-state index in [-0.39, 0.29) is 5.56 Å². The van der Waals surface area contributed by atoms with Crippen LogP contribution in [0.4, 0.5) is 8.78 Å². The molecule has 0 fully saturated rings. The number of hydrogen-bond donors (Lipinski definition) is 1. The Morgan fingerprint density at radius 3 is 2.52 bits per heavy atom. The van der Waals surface area contributed by atoms with E-state index in [2.05, 4.69) is 0 Å². The molecule has 0 spiro atoms. The lowest BCUT2D eigenvalue weighted by Crippen LogP contribution is -2.18. The highest BCUT2D eigenvalue weighted by Gasteiger charge is 2.22. The highest BCUT2D eigenvalue weighted by Crippen LogP contribution is 2.35. The molecule has 0 amide bonds. The summed E-state index contributed by atoms with van der Waals surface area (Å²) in [6.07, 6.45) is 0. The SMILES string of the molecule is Cc1ccc(F)c(C(N)c2ccc3c(c2)OCCO3)c1F. The van der Waals surface area contributed by atoms with Crippen LogP contribution in [0.3, 0.4) is 0 Å². The van der Waals surface area contributed by atoms with Crippen molar-refractivity contribution in [3.63, 3.8) is 0 Å². The summed E-state index contributed by atoms with van der Waals surface area (Å²) in [5.41, 5.74) is 6.84. The minimum Gasteiger partial charge on any atom is -0.486 e. The van der Waals surface area contributed by atoms with Crippen molar-refractivity contribution in [3.8, 4) is 11.5 Å². The number of ether oxygens (including phenoxy) is 2. The van der Waals surface area contributed by atoms with Crippen molar-refractivity contribution in [1.29, 1.82) is 0 Å². The van der Waals surface area contributed by atoms with E-state index in [1.807, 2.05) is 0 Å². The van der Waals surface area contributed by atoms with E-state index in [1.54, 1.807) is 25.1 Å². The Morgan fingerprint density at radius 2 is 1.76 bits per heavy atom. The highest BCUT2D eigenvalue weighted by molar-refractivity contribution is 5.47. The molecule has 5 heteroatoms. The van der Waals surface area contributed by atoms with Crippen LogP contribution in [0, 0.1) is 18.6 Å². The topological polar surface area (TPSA) is 44.5 Å². The molecule has 110 valence electrons. The van der Waals surface area contributed by atoms with Crippen LogP contribution in [0.1, 0.15) is 22.7 Å². The van der Waals surface area contributed by atoms with E-state index in [9.17, 15) is 8.78 Å². The molecule has 0 aromatic heterocycles. The second-order valence-electron chi connectivity index (χ2n) is 4.97. The predicted octanol–water partition coefficient (Wildman–Crippen LogP) is 3.09. The van der Waals surface area contributed by atoms with Gasteiger partial charge < -0.3 is 15.2 Å². The summed E-state index contributed by atoms with van der Waals surface area (Å²) in [7, 11) is 0. The Balaban J connectivity index is 2.03. The molecule has 1 aliphatic heterocycles. The second-order valence-corrected chi connectivity index (χ2v) is 4.97. The third-order valence-corrected chi connectivity index (χ3v) is 3.56. The van der Waals surface area contributed by atoms with Gasteiger partial charge in [0.1, 0.15) is 24.8 Å². The molecule has 0 bridgehead atoms. The molecule has 2 N–H and O–H groups in total. The third-order valence-electron chi connectivity index (χ3n) is 3.56. The Bertz CT molecular complexity index is 688. The third kappa shape index (κ3) is 2.45. The molecule has 1 atom stereocenters. The van der Waals surface area contributed by atoms with Crippen molar-refractivity contribution >= 4 is 0 Å². The highest BCUT2D eigenvalue weighted by atomic mass is 19.1. The number of hydrogen-bond acceptors (Lipinski definition) is 3. The van der Waals surface area contributed by atoms with E-state index >= 15 is 0 Å². The standard InChI is InChI=1S/C16H15F2NO2/c1-9-2-4-11(17)14(15(9)18)16(19)10-3-5-12-13(8-10)21-7-6-20-12/h2-5,8,16H,6-7,19H2,1H3. The van der Waals surface area contributed by atoms with Crippen LogP contribution < -0.4 is 15.2 Å². The lowest BCUT2D eigenvalue weighted by atomic mass is 9.96. The van der Waals surface area contributed by atoms with Crippen molar-refractivity contribution in [1.82, 2.24) is 0 Å². The zero-order valence-corrected chi connectivity index (χ0v) is 11.5. The van der Waals surface area contributed by atoms with Crippen LogP contribution >= 0.6 is 0 Å². The molecule has 3 rings (SSSR count). The molecule has 0 aliphatic carbocycles. The Morgan fingerprint density at radius 1 is 1.05 bits per heavy atom. The first-order valence-corrected chi connectivity index (χ1v) is 6.67. The maximum atomic E-state index is 14.2. The molecule has 1 unspecified atom stereocenters. The summed E-state index contributed by atoms with van der Waals surface area (Å²) >= 11 is 0. The largest absolute Gasteiger partial charge is 0.486 e. The monoisotopic (exact) mass is 291 g/mol. The Labute approximate surface area is 121 Å². The van der Waals surface area contributed by atoms with Gasteiger partial charge in [0.2, 0.25) is 0 Å². The van der Waals surface area contributed by atoms with Crippen LogP contribution in [0.15, 0.2) is 30.3 Å². The molecule has 0 saturated heterocycles. The summed E-state index contributed by atoms with van der Waals surface area (Å²) in [6.45, 7) is 2.51. The zero-order valence-electron chi connectivity index (χ0n) is 11.5. The van der Waals surface area contributed by atoms with Gasteiger partial charge in [0.25, 0.3) is 0 Å². The van der Waals surface area contributed by atoms with Crippen LogP contribution in [0.25, 0.3) is 0 Å². The van der Waals surface area contributed by atoms with Gasteiger partial charge >= 0.3 is 0 Å². The van der Waals surface area contributed by atoms with E-state index in [0.29, 0.717) is 35.8 Å². The van der Waals surface area contributed by atoms with Crippen LogP contribution in [0.2, 0.25) is 0 Å². The molecule has 1 heterocycles. The van der Waals surface area contributed by atoms with Gasteiger partial charge in [0, 0.05) is 5.56 Å². The number of nitrogens with two attached hydrogens (primary N) is 1. The predicted molar refractivity (Wildman–Crippen MR) is 74.6 cm³/mol. The molecule has 0 radical (unpaired) electrons. The summed E-state index contributed by atoms with van der Waals surface area (Å²) < 4.78 is 39.0. The number of aryl methyl sites for hydroxylation is 1. The van der Waals surface area contributed by atoms with Gasteiger partial charge in [0.15, 0.2) is 11.5 Å². The van der Waals surface area contributed by atoms with Crippen molar-refractivity contribution < 1.29 is 18.3 Å². The van der Waals surface area contributed by atoms with Crippen molar-refractivity contribution in [2.45, 2.75) is 13.0 Å². The maximum absolute atomic E-state index is 14.2. The number of halogens is 2. The Kier molecular flexibility index (Phi) is 3.51. The van der Waals surface area contributed by atoms with E-state index in [0.717, 1.165) is 0 Å². The average molecular weight is 291 g/mol. The first-order valence-electron chi connectivity index (χ1n) is 6.67. The van der Waals surface area contributed by atoms with Crippen LogP contribution in [0.5, 0.6) is 11.5 Å². The van der Waals surface area contributed by atoms with Gasteiger partial charge in [0.05, 0.1) is 6.04 Å². The molecule has 0 saturated carbocycles. The summed E-state index contributed by atoms with van der Waals surface area (Å²) in [6, 6.07) is 6.78. The molecular formula is C16H15F2NO2.